The maximum Gasteiger partial charge on any atom is 0.297 e. The number of furan rings is 1. The average molecular weight is 887 g/mol. The minimum Gasteiger partial charge on any atom is -0.473 e. The second-order valence-corrected chi connectivity index (χ2v) is 20.4. The Hall–Kier alpha value is -6.66. The lowest BCUT2D eigenvalue weighted by Crippen LogP contribution is -2.61. The van der Waals surface area contributed by atoms with Crippen molar-refractivity contribution in [2.24, 2.45) is 0 Å². The van der Waals surface area contributed by atoms with Crippen molar-refractivity contribution in [3.8, 4) is 22.3 Å². The normalized spacial score (nSPS) is 18.3. The number of anilines is 6. The lowest BCUT2D eigenvalue weighted by atomic mass is 9.35. The zero-order valence-corrected chi connectivity index (χ0v) is 39.0. The van der Waals surface area contributed by atoms with Crippen LogP contribution >= 0.6 is 0 Å². The van der Waals surface area contributed by atoms with E-state index in [1.807, 2.05) is 20.8 Å². The lowest BCUT2D eigenvalue weighted by molar-refractivity contribution is 0.424. The Kier molecular flexibility index (Phi) is 5.80. The lowest BCUT2D eigenvalue weighted by Gasteiger charge is -2.44. The molecule has 0 amide bonds. The summed E-state index contributed by atoms with van der Waals surface area (Å²) < 4.78 is 215. The van der Waals surface area contributed by atoms with Gasteiger partial charge in [-0.3, -0.25) is 9.97 Å². The van der Waals surface area contributed by atoms with Crippen molar-refractivity contribution in [3.05, 3.63) is 185 Å². The van der Waals surface area contributed by atoms with Crippen molar-refractivity contribution >= 4 is 57.4 Å². The highest BCUT2D eigenvalue weighted by molar-refractivity contribution is 6.99. The van der Waals surface area contributed by atoms with Crippen LogP contribution in [0.3, 0.4) is 0 Å². The molecule has 66 heavy (non-hydrogen) atoms. The first-order valence-electron chi connectivity index (χ1n) is 32.7. The molecule has 0 aliphatic carbocycles. The summed E-state index contributed by atoms with van der Waals surface area (Å²) in [7, 11) is 0. The van der Waals surface area contributed by atoms with E-state index in [2.05, 4.69) is 9.97 Å². The Labute approximate surface area is 423 Å². The van der Waals surface area contributed by atoms with Crippen LogP contribution in [0.2, 0.25) is 0 Å². The van der Waals surface area contributed by atoms with Gasteiger partial charge < -0.3 is 14.2 Å². The van der Waals surface area contributed by atoms with Gasteiger partial charge in [0.2, 0.25) is 0 Å². The molecule has 0 bridgehead atoms. The molecular formula is C60H61BN4O. The minimum absolute atomic E-state index is 0.0188. The standard InChI is InChI=1S/C60H61BN4O/c1-38-30-51-55-52(31-38)65(49-26-23-43(58(5,6)7)33-46(49)40-19-17-29-63-37-40)53-35-54(59(8,9)10)66-56(53)61(55)47-34-44(60(11,12)41-20-14-13-15-21-41)24-27-50(47)64(51)48-25-22-42(57(2,3)4)32-45(48)39-18-16-28-62-36-39/h13-37H,1-12H3/i13D,14D,15D,16D,17D,18D,19D,20D,21D,22D,23D,24D,25D,26D,28D,29D,30D,32D,33D,34D,36D,37D. The van der Waals surface area contributed by atoms with Crippen LogP contribution in [0.5, 0.6) is 0 Å². The van der Waals surface area contributed by atoms with Gasteiger partial charge in [0.1, 0.15) is 5.76 Å². The summed E-state index contributed by atoms with van der Waals surface area (Å²) in [5.41, 5.74) is -7.84. The highest BCUT2D eigenvalue weighted by atomic mass is 16.3. The molecule has 5 nitrogen and oxygen atoms in total. The van der Waals surface area contributed by atoms with E-state index in [0.717, 1.165) is 0 Å². The molecule has 10 rings (SSSR count). The zero-order chi connectivity index (χ0) is 65.6. The van der Waals surface area contributed by atoms with Crippen molar-refractivity contribution in [1.29, 1.82) is 0 Å². The van der Waals surface area contributed by atoms with Gasteiger partial charge >= 0.3 is 0 Å². The number of nitrogens with zero attached hydrogens (tertiary/aromatic N) is 4. The smallest absolute Gasteiger partial charge is 0.297 e. The Morgan fingerprint density at radius 3 is 1.65 bits per heavy atom. The molecule has 0 atom stereocenters. The van der Waals surface area contributed by atoms with Crippen molar-refractivity contribution in [2.75, 3.05) is 9.80 Å². The number of fused-ring (bicyclic) bond motifs is 4. The van der Waals surface area contributed by atoms with Crippen LogP contribution in [0.25, 0.3) is 22.3 Å². The molecule has 0 unspecified atom stereocenters. The number of aromatic nitrogens is 2. The molecule has 330 valence electrons. The van der Waals surface area contributed by atoms with Gasteiger partial charge in [0.05, 0.1) is 52.9 Å². The van der Waals surface area contributed by atoms with Gasteiger partial charge in [-0.15, -0.1) is 0 Å². The van der Waals surface area contributed by atoms with Crippen LogP contribution in [0.4, 0.5) is 34.1 Å². The van der Waals surface area contributed by atoms with E-state index in [4.69, 9.17) is 14.0 Å². The van der Waals surface area contributed by atoms with Crippen molar-refractivity contribution < 1.29 is 34.6 Å². The summed E-state index contributed by atoms with van der Waals surface area (Å²) in [6.07, 6.45) is -2.92. The molecule has 0 saturated carbocycles. The number of benzene rings is 5. The zero-order valence-electron chi connectivity index (χ0n) is 61.0. The Morgan fingerprint density at radius 1 is 0.515 bits per heavy atom. The van der Waals surface area contributed by atoms with Crippen molar-refractivity contribution in [1.82, 2.24) is 9.97 Å². The number of hydrogen-bond donors (Lipinski definition) is 0. The first kappa shape index (κ1) is 24.8. The molecule has 0 spiro atoms. The molecule has 0 saturated heterocycles. The Morgan fingerprint density at radius 2 is 1.09 bits per heavy atom. The van der Waals surface area contributed by atoms with E-state index in [1.165, 1.54) is 29.7 Å². The summed E-state index contributed by atoms with van der Waals surface area (Å²) in [5, 5.41) is 0. The third kappa shape index (κ3) is 7.26. The average Bonchev–Trinajstić information content (AvgIpc) is 1.02. The number of rotatable bonds is 6. The van der Waals surface area contributed by atoms with Crippen LogP contribution in [0.15, 0.2) is 156 Å². The van der Waals surface area contributed by atoms with E-state index < -0.39 is 178 Å². The van der Waals surface area contributed by atoms with Crippen LogP contribution in [0.1, 0.15) is 140 Å². The van der Waals surface area contributed by atoms with Crippen LogP contribution in [-0.4, -0.2) is 16.7 Å². The predicted octanol–water partition coefficient (Wildman–Crippen LogP) is 14.0. The van der Waals surface area contributed by atoms with E-state index in [1.54, 1.807) is 60.6 Å². The first-order valence-corrected chi connectivity index (χ1v) is 21.7. The molecular weight excluding hydrogens is 803 g/mol. The minimum atomic E-state index is -1.81. The molecule has 0 N–H and O–H groups in total. The summed E-state index contributed by atoms with van der Waals surface area (Å²) in [6.45, 7) is 18.9. The molecule has 3 aromatic heterocycles. The van der Waals surface area contributed by atoms with Gasteiger partial charge in [0.15, 0.2) is 0 Å². The van der Waals surface area contributed by atoms with Crippen LogP contribution in [-0.2, 0) is 21.7 Å². The van der Waals surface area contributed by atoms with E-state index in [9.17, 15) is 20.6 Å². The Bertz CT molecular complexity index is 4420. The fourth-order valence-electron chi connectivity index (χ4n) is 8.44. The molecule has 5 aromatic carbocycles. The van der Waals surface area contributed by atoms with E-state index >= 15 is 0 Å². The molecule has 2 aliphatic heterocycles. The summed E-state index contributed by atoms with van der Waals surface area (Å²) in [6, 6.07) is -6.01. The third-order valence-electron chi connectivity index (χ3n) is 12.1. The molecule has 8 aromatic rings. The van der Waals surface area contributed by atoms with E-state index in [-0.39, 0.29) is 90.2 Å². The monoisotopic (exact) mass is 887 g/mol. The van der Waals surface area contributed by atoms with Gasteiger partial charge in [0.25, 0.3) is 6.71 Å². The first-order chi connectivity index (χ1) is 40.5. The predicted molar refractivity (Wildman–Crippen MR) is 279 cm³/mol. The second-order valence-electron chi connectivity index (χ2n) is 20.4. The molecule has 0 radical (unpaired) electrons. The molecule has 0 fully saturated rings. The molecule has 5 heterocycles. The summed E-state index contributed by atoms with van der Waals surface area (Å²) >= 11 is 0. The van der Waals surface area contributed by atoms with Gasteiger partial charge in [-0.1, -0.05) is 143 Å². The van der Waals surface area contributed by atoms with Gasteiger partial charge in [-0.05, 0) is 111 Å². The largest absolute Gasteiger partial charge is 0.473 e. The number of pyridine rings is 2. The summed E-state index contributed by atoms with van der Waals surface area (Å²) in [4.78, 5) is 10.8. The van der Waals surface area contributed by atoms with Gasteiger partial charge in [-0.25, -0.2) is 0 Å². The van der Waals surface area contributed by atoms with Crippen LogP contribution < -0.4 is 26.4 Å². The van der Waals surface area contributed by atoms with Gasteiger partial charge in [0, 0.05) is 80.9 Å². The topological polar surface area (TPSA) is 45.4 Å². The SMILES string of the molecule is [2H]c1cc2c(c([2H])c1C(C)(C)c1c([2H])c([2H])c([2H])c([2H])c1[2H])B1c3oc(C(C)(C)C)cc3N(c3c([2H])c([2H])c(C(C)(C)C)c([2H])c3-c3c([2H])nc([2H])c([2H])c3[2H])c3cc(C)c([2H])c(c31)N2c1c([2H])c([2H])c(C(C)(C)C)c([2H])c1-c1c([2H])nc([2H])c([2H])c1[2H]. The molecule has 2 aliphatic rings. The number of aryl methyl sites for hydroxylation is 1. The maximum absolute atomic E-state index is 10.8. The summed E-state index contributed by atoms with van der Waals surface area (Å²) in [5.74, 6) is 0.285. The highest BCUT2D eigenvalue weighted by Crippen LogP contribution is 2.50. The molecule has 6 heteroatoms. The maximum atomic E-state index is 10.8. The number of hydrogen-bond acceptors (Lipinski definition) is 5. The van der Waals surface area contributed by atoms with E-state index in [0.29, 0.717) is 0 Å². The van der Waals surface area contributed by atoms with Crippen LogP contribution in [0, 0.1) is 6.92 Å². The van der Waals surface area contributed by atoms with Gasteiger partial charge in [-0.2, -0.15) is 0 Å². The fraction of sp³-hybridized carbons (Fsp3) is 0.267. The quantitative estimate of drug-likeness (QED) is 0.156. The van der Waals surface area contributed by atoms with Crippen molar-refractivity contribution in [3.63, 3.8) is 0 Å². The Balaban J connectivity index is 1.51. The fourth-order valence-corrected chi connectivity index (χ4v) is 8.44. The second kappa shape index (κ2) is 15.5. The van der Waals surface area contributed by atoms with Crippen molar-refractivity contribution in [2.45, 2.75) is 105 Å². The third-order valence-corrected chi connectivity index (χ3v) is 12.1. The highest BCUT2D eigenvalue weighted by Gasteiger charge is 2.48.